The van der Waals surface area contributed by atoms with Crippen LogP contribution in [-0.4, -0.2) is 38.3 Å². The van der Waals surface area contributed by atoms with Gasteiger partial charge in [0, 0.05) is 25.1 Å². The van der Waals surface area contributed by atoms with E-state index in [2.05, 4.69) is 5.32 Å². The SMILES string of the molecule is COc1cc(OC)cc(C(O)CNC(=O)C(C)CN)c1.Cl. The Kier molecular flexibility index (Phi) is 8.76. The fourth-order valence-electron chi connectivity index (χ4n) is 1.62. The summed E-state index contributed by atoms with van der Waals surface area (Å²) < 4.78 is 10.3. The number of carbonyl (C=O) groups is 1. The van der Waals surface area contributed by atoms with Crippen molar-refractivity contribution in [2.75, 3.05) is 27.3 Å². The lowest BCUT2D eigenvalue weighted by Crippen LogP contribution is -2.35. The Morgan fingerprint density at radius 1 is 1.29 bits per heavy atom. The van der Waals surface area contributed by atoms with Crippen LogP contribution in [0.2, 0.25) is 0 Å². The highest BCUT2D eigenvalue weighted by Crippen LogP contribution is 2.26. The highest BCUT2D eigenvalue weighted by molar-refractivity contribution is 5.85. The number of carbonyl (C=O) groups excluding carboxylic acids is 1. The summed E-state index contributed by atoms with van der Waals surface area (Å²) in [7, 11) is 3.07. The lowest BCUT2D eigenvalue weighted by Gasteiger charge is -2.16. The first-order valence-electron chi connectivity index (χ1n) is 6.40. The van der Waals surface area contributed by atoms with Crippen molar-refractivity contribution in [1.29, 1.82) is 0 Å². The van der Waals surface area contributed by atoms with E-state index in [-0.39, 0.29) is 37.3 Å². The molecule has 120 valence electrons. The summed E-state index contributed by atoms with van der Waals surface area (Å²) in [5, 5.41) is 12.8. The van der Waals surface area contributed by atoms with Crippen LogP contribution in [0, 0.1) is 5.92 Å². The average molecular weight is 319 g/mol. The summed E-state index contributed by atoms with van der Waals surface area (Å²) >= 11 is 0. The second-order valence-corrected chi connectivity index (χ2v) is 4.54. The Bertz CT molecular complexity index is 434. The summed E-state index contributed by atoms with van der Waals surface area (Å²) in [5.41, 5.74) is 6.02. The minimum absolute atomic E-state index is 0. The van der Waals surface area contributed by atoms with Gasteiger partial charge in [-0.25, -0.2) is 0 Å². The van der Waals surface area contributed by atoms with Gasteiger partial charge < -0.3 is 25.6 Å². The number of aliphatic hydroxyl groups is 1. The quantitative estimate of drug-likeness (QED) is 0.693. The van der Waals surface area contributed by atoms with Crippen molar-refractivity contribution in [1.82, 2.24) is 5.32 Å². The number of nitrogens with two attached hydrogens (primary N) is 1. The Labute approximate surface area is 131 Å². The zero-order valence-corrected chi connectivity index (χ0v) is 13.3. The highest BCUT2D eigenvalue weighted by Gasteiger charge is 2.15. The predicted octanol–water partition coefficient (Wildman–Crippen LogP) is 0.870. The molecule has 0 aliphatic rings. The minimum atomic E-state index is -0.840. The molecule has 0 heterocycles. The number of hydrogen-bond acceptors (Lipinski definition) is 5. The van der Waals surface area contributed by atoms with Gasteiger partial charge in [0.2, 0.25) is 5.91 Å². The van der Waals surface area contributed by atoms with Crippen LogP contribution in [0.1, 0.15) is 18.6 Å². The molecule has 0 fully saturated rings. The van der Waals surface area contributed by atoms with Crippen molar-refractivity contribution in [2.45, 2.75) is 13.0 Å². The molecule has 4 N–H and O–H groups in total. The molecule has 0 aliphatic carbocycles. The number of hydrogen-bond donors (Lipinski definition) is 3. The lowest BCUT2D eigenvalue weighted by atomic mass is 10.1. The minimum Gasteiger partial charge on any atom is -0.497 e. The number of halogens is 1. The van der Waals surface area contributed by atoms with Crippen LogP contribution in [0.15, 0.2) is 18.2 Å². The normalized spacial score (nSPS) is 12.8. The molecule has 0 aromatic heterocycles. The van der Waals surface area contributed by atoms with Gasteiger partial charge in [0.05, 0.1) is 20.3 Å². The third kappa shape index (κ3) is 5.79. The molecule has 1 amide bonds. The maximum absolute atomic E-state index is 11.6. The van der Waals surface area contributed by atoms with E-state index in [1.54, 1.807) is 25.1 Å². The fourth-order valence-corrected chi connectivity index (χ4v) is 1.62. The lowest BCUT2D eigenvalue weighted by molar-refractivity contribution is -0.124. The number of aliphatic hydroxyl groups excluding tert-OH is 1. The molecule has 0 spiro atoms. The smallest absolute Gasteiger partial charge is 0.224 e. The van der Waals surface area contributed by atoms with Gasteiger partial charge in [-0.05, 0) is 17.7 Å². The standard InChI is InChI=1S/C14H22N2O4.ClH/c1-9(7-15)14(18)16-8-13(17)10-4-11(19-2)6-12(5-10)20-3;/h4-6,9,13,17H,7-8,15H2,1-3H3,(H,16,18);1H. The van der Waals surface area contributed by atoms with Crippen LogP contribution >= 0.6 is 12.4 Å². The van der Waals surface area contributed by atoms with E-state index in [0.717, 1.165) is 0 Å². The molecule has 0 bridgehead atoms. The van der Waals surface area contributed by atoms with Crippen molar-refractivity contribution in [3.05, 3.63) is 23.8 Å². The van der Waals surface area contributed by atoms with Gasteiger partial charge in [0.1, 0.15) is 11.5 Å². The number of methoxy groups -OCH3 is 2. The monoisotopic (exact) mass is 318 g/mol. The van der Waals surface area contributed by atoms with Gasteiger partial charge in [-0.1, -0.05) is 6.92 Å². The zero-order chi connectivity index (χ0) is 15.1. The van der Waals surface area contributed by atoms with E-state index in [1.807, 2.05) is 0 Å². The van der Waals surface area contributed by atoms with Crippen LogP contribution in [0.5, 0.6) is 11.5 Å². The number of rotatable bonds is 7. The second kappa shape index (κ2) is 9.44. The van der Waals surface area contributed by atoms with E-state index in [4.69, 9.17) is 15.2 Å². The molecule has 7 heteroatoms. The number of nitrogens with one attached hydrogen (secondary N) is 1. The number of benzene rings is 1. The van der Waals surface area contributed by atoms with Gasteiger partial charge >= 0.3 is 0 Å². The van der Waals surface area contributed by atoms with Gasteiger partial charge in [0.15, 0.2) is 0 Å². The van der Waals surface area contributed by atoms with Crippen molar-refractivity contribution in [2.24, 2.45) is 11.7 Å². The Hall–Kier alpha value is -1.50. The molecule has 6 nitrogen and oxygen atoms in total. The van der Waals surface area contributed by atoms with Crippen LogP contribution in [0.25, 0.3) is 0 Å². The van der Waals surface area contributed by atoms with Crippen molar-refractivity contribution in [3.8, 4) is 11.5 Å². The Morgan fingerprint density at radius 3 is 2.24 bits per heavy atom. The topological polar surface area (TPSA) is 93.8 Å². The largest absolute Gasteiger partial charge is 0.497 e. The first-order valence-corrected chi connectivity index (χ1v) is 6.40. The van der Waals surface area contributed by atoms with Crippen LogP contribution in [0.3, 0.4) is 0 Å². The third-order valence-corrected chi connectivity index (χ3v) is 3.03. The molecule has 2 unspecified atom stereocenters. The second-order valence-electron chi connectivity index (χ2n) is 4.54. The summed E-state index contributed by atoms with van der Waals surface area (Å²) in [6.07, 6.45) is -0.840. The summed E-state index contributed by atoms with van der Waals surface area (Å²) in [4.78, 5) is 11.6. The van der Waals surface area contributed by atoms with Gasteiger partial charge in [-0.15, -0.1) is 12.4 Å². The third-order valence-electron chi connectivity index (χ3n) is 3.03. The van der Waals surface area contributed by atoms with Gasteiger partial charge in [0.25, 0.3) is 0 Å². The molecule has 0 aliphatic heterocycles. The average Bonchev–Trinajstić information content (AvgIpc) is 2.50. The van der Waals surface area contributed by atoms with E-state index in [1.165, 1.54) is 14.2 Å². The first-order chi connectivity index (χ1) is 9.51. The fraction of sp³-hybridized carbons (Fsp3) is 0.500. The molecule has 0 saturated heterocycles. The van der Waals surface area contributed by atoms with Crippen molar-refractivity contribution >= 4 is 18.3 Å². The van der Waals surface area contributed by atoms with Crippen LogP contribution in [0.4, 0.5) is 0 Å². The first kappa shape index (κ1) is 19.5. The zero-order valence-electron chi connectivity index (χ0n) is 12.5. The Morgan fingerprint density at radius 2 is 1.81 bits per heavy atom. The molecule has 1 aromatic rings. The molecule has 0 radical (unpaired) electrons. The van der Waals surface area contributed by atoms with Crippen molar-refractivity contribution in [3.63, 3.8) is 0 Å². The summed E-state index contributed by atoms with van der Waals surface area (Å²) in [6.45, 7) is 2.12. The van der Waals surface area contributed by atoms with Crippen LogP contribution < -0.4 is 20.5 Å². The van der Waals surface area contributed by atoms with Gasteiger partial charge in [-0.3, -0.25) is 4.79 Å². The number of ether oxygens (including phenoxy) is 2. The highest BCUT2D eigenvalue weighted by atomic mass is 35.5. The van der Waals surface area contributed by atoms with E-state index in [9.17, 15) is 9.90 Å². The molecule has 1 aromatic carbocycles. The maximum atomic E-state index is 11.6. The molecular weight excluding hydrogens is 296 g/mol. The predicted molar refractivity (Wildman–Crippen MR) is 83.0 cm³/mol. The van der Waals surface area contributed by atoms with Crippen LogP contribution in [-0.2, 0) is 4.79 Å². The van der Waals surface area contributed by atoms with Gasteiger partial charge in [-0.2, -0.15) is 0 Å². The molecule has 0 saturated carbocycles. The molecule has 1 rings (SSSR count). The molecule has 21 heavy (non-hydrogen) atoms. The van der Waals surface area contributed by atoms with Crippen molar-refractivity contribution < 1.29 is 19.4 Å². The Balaban J connectivity index is 0.00000400. The van der Waals surface area contributed by atoms with E-state index in [0.29, 0.717) is 17.1 Å². The molecule has 2 atom stereocenters. The molecular formula is C14H23ClN2O4. The maximum Gasteiger partial charge on any atom is 0.224 e. The summed E-state index contributed by atoms with van der Waals surface area (Å²) in [6, 6.07) is 5.11. The van der Waals surface area contributed by atoms with E-state index < -0.39 is 6.10 Å². The number of amides is 1. The summed E-state index contributed by atoms with van der Waals surface area (Å²) in [5.74, 6) is 0.712. The van der Waals surface area contributed by atoms with E-state index >= 15 is 0 Å².